The van der Waals surface area contributed by atoms with Crippen LogP contribution in [0, 0.1) is 6.92 Å². The van der Waals surface area contributed by atoms with E-state index >= 15 is 0 Å². The standard InChI is InChI=1S/C21H24N4OS/c1-14-22-11-20(27-14)15-4-5-16-10-23-21(9-17(16)8-15)24-18(19-13-26-19)12-25-6-2-3-7-25/h4-5,8-11,18-19H,2-3,6-7,12-13H2,1H3,(H,23,24). The van der Waals surface area contributed by atoms with Crippen molar-refractivity contribution in [2.45, 2.75) is 31.9 Å². The van der Waals surface area contributed by atoms with E-state index in [9.17, 15) is 0 Å². The number of aromatic nitrogens is 2. The van der Waals surface area contributed by atoms with Gasteiger partial charge in [-0.25, -0.2) is 9.97 Å². The largest absolute Gasteiger partial charge is 0.371 e. The number of fused-ring (bicyclic) bond motifs is 1. The van der Waals surface area contributed by atoms with E-state index in [-0.39, 0.29) is 0 Å². The van der Waals surface area contributed by atoms with Crippen molar-refractivity contribution in [1.82, 2.24) is 14.9 Å². The Kier molecular flexibility index (Phi) is 4.55. The monoisotopic (exact) mass is 380 g/mol. The lowest BCUT2D eigenvalue weighted by atomic mass is 10.1. The summed E-state index contributed by atoms with van der Waals surface area (Å²) in [5.74, 6) is 0.930. The summed E-state index contributed by atoms with van der Waals surface area (Å²) < 4.78 is 5.60. The van der Waals surface area contributed by atoms with E-state index in [0.29, 0.717) is 12.1 Å². The lowest BCUT2D eigenvalue weighted by Gasteiger charge is -2.23. The molecule has 2 saturated heterocycles. The van der Waals surface area contributed by atoms with Crippen molar-refractivity contribution in [2.24, 2.45) is 0 Å². The second-order valence-electron chi connectivity index (χ2n) is 7.51. The Morgan fingerprint density at radius 3 is 2.78 bits per heavy atom. The molecule has 2 atom stereocenters. The molecule has 0 aliphatic carbocycles. The summed E-state index contributed by atoms with van der Waals surface area (Å²) in [7, 11) is 0. The molecule has 0 bridgehead atoms. The molecule has 3 aromatic rings. The summed E-state index contributed by atoms with van der Waals surface area (Å²) >= 11 is 1.73. The molecule has 5 nitrogen and oxygen atoms in total. The highest BCUT2D eigenvalue weighted by Crippen LogP contribution is 2.30. The molecule has 0 spiro atoms. The normalized spacial score (nSPS) is 20.9. The molecular formula is C21H24N4OS. The second-order valence-corrected chi connectivity index (χ2v) is 8.74. The first-order chi connectivity index (χ1) is 13.2. The number of nitrogens with one attached hydrogen (secondary N) is 1. The molecule has 0 saturated carbocycles. The van der Waals surface area contributed by atoms with Crippen LogP contribution in [0.2, 0.25) is 0 Å². The molecule has 1 N–H and O–H groups in total. The maximum Gasteiger partial charge on any atom is 0.126 e. The van der Waals surface area contributed by atoms with E-state index < -0.39 is 0 Å². The van der Waals surface area contributed by atoms with Crippen LogP contribution in [0.25, 0.3) is 21.2 Å². The van der Waals surface area contributed by atoms with Crippen LogP contribution < -0.4 is 5.32 Å². The van der Waals surface area contributed by atoms with Crippen molar-refractivity contribution < 1.29 is 4.74 Å². The van der Waals surface area contributed by atoms with Gasteiger partial charge in [-0.05, 0) is 55.9 Å². The number of likely N-dealkylation sites (tertiary alicyclic amines) is 1. The van der Waals surface area contributed by atoms with Crippen LogP contribution >= 0.6 is 11.3 Å². The van der Waals surface area contributed by atoms with Gasteiger partial charge in [0.1, 0.15) is 11.9 Å². The summed E-state index contributed by atoms with van der Waals surface area (Å²) in [5, 5.41) is 7.09. The van der Waals surface area contributed by atoms with Gasteiger partial charge in [0.25, 0.3) is 0 Å². The van der Waals surface area contributed by atoms with Crippen molar-refractivity contribution in [1.29, 1.82) is 0 Å². The lowest BCUT2D eigenvalue weighted by Crippen LogP contribution is -2.39. The Labute approximate surface area is 163 Å². The van der Waals surface area contributed by atoms with Crippen LogP contribution in [0.1, 0.15) is 17.8 Å². The molecule has 2 aliphatic heterocycles. The Balaban J connectivity index is 1.39. The van der Waals surface area contributed by atoms with E-state index in [1.54, 1.807) is 11.3 Å². The number of hydrogen-bond acceptors (Lipinski definition) is 6. The number of benzene rings is 1. The predicted molar refractivity (Wildman–Crippen MR) is 110 cm³/mol. The molecule has 5 rings (SSSR count). The molecular weight excluding hydrogens is 356 g/mol. The van der Waals surface area contributed by atoms with Crippen molar-refractivity contribution in [3.63, 3.8) is 0 Å². The van der Waals surface area contributed by atoms with Crippen LogP contribution in [0.3, 0.4) is 0 Å². The van der Waals surface area contributed by atoms with E-state index in [0.717, 1.165) is 29.4 Å². The van der Waals surface area contributed by atoms with Gasteiger partial charge in [0.2, 0.25) is 0 Å². The zero-order valence-corrected chi connectivity index (χ0v) is 16.3. The maximum absolute atomic E-state index is 5.60. The summed E-state index contributed by atoms with van der Waals surface area (Å²) in [6.45, 7) is 6.33. The van der Waals surface area contributed by atoms with Crippen molar-refractivity contribution in [2.75, 3.05) is 31.6 Å². The molecule has 1 aromatic carbocycles. The molecule has 140 valence electrons. The third-order valence-electron chi connectivity index (χ3n) is 5.42. The fourth-order valence-corrected chi connectivity index (χ4v) is 4.62. The number of hydrogen-bond donors (Lipinski definition) is 1. The Bertz CT molecular complexity index is 946. The van der Waals surface area contributed by atoms with Gasteiger partial charge in [-0.2, -0.15) is 0 Å². The van der Waals surface area contributed by atoms with Crippen LogP contribution in [0.4, 0.5) is 5.82 Å². The minimum absolute atomic E-state index is 0.306. The highest BCUT2D eigenvalue weighted by atomic mass is 32.1. The topological polar surface area (TPSA) is 53.6 Å². The van der Waals surface area contributed by atoms with Crippen LogP contribution in [0.5, 0.6) is 0 Å². The average Bonchev–Trinajstić information content (AvgIpc) is 3.23. The Morgan fingerprint density at radius 1 is 1.19 bits per heavy atom. The number of nitrogens with zero attached hydrogens (tertiary/aromatic N) is 3. The van der Waals surface area contributed by atoms with Gasteiger partial charge in [0.15, 0.2) is 0 Å². The number of pyridine rings is 1. The highest BCUT2D eigenvalue weighted by molar-refractivity contribution is 7.15. The van der Waals surface area contributed by atoms with Crippen LogP contribution in [-0.2, 0) is 4.74 Å². The number of thiazole rings is 1. The van der Waals surface area contributed by atoms with Crippen LogP contribution in [-0.4, -0.2) is 53.3 Å². The van der Waals surface area contributed by atoms with E-state index in [4.69, 9.17) is 4.74 Å². The van der Waals surface area contributed by atoms with Gasteiger partial charge in [0, 0.05) is 24.3 Å². The van der Waals surface area contributed by atoms with Crippen molar-refractivity contribution in [3.8, 4) is 10.4 Å². The summed E-state index contributed by atoms with van der Waals surface area (Å²) in [6.07, 6.45) is 6.85. The van der Waals surface area contributed by atoms with Gasteiger partial charge in [0.05, 0.1) is 22.5 Å². The smallest absolute Gasteiger partial charge is 0.126 e. The highest BCUT2D eigenvalue weighted by Gasteiger charge is 2.34. The minimum atomic E-state index is 0.306. The van der Waals surface area contributed by atoms with Gasteiger partial charge < -0.3 is 15.0 Å². The Hall–Kier alpha value is -2.02. The minimum Gasteiger partial charge on any atom is -0.371 e. The zero-order valence-electron chi connectivity index (χ0n) is 15.5. The Morgan fingerprint density at radius 2 is 2.04 bits per heavy atom. The molecule has 2 aliphatic rings. The summed E-state index contributed by atoms with van der Waals surface area (Å²) in [6, 6.07) is 8.99. The molecule has 0 radical (unpaired) electrons. The SMILES string of the molecule is Cc1ncc(-c2ccc3cnc(NC(CN4CCCC4)C4CO4)cc3c2)s1. The third kappa shape index (κ3) is 3.83. The number of rotatable bonds is 6. The third-order valence-corrected chi connectivity index (χ3v) is 6.38. The molecule has 6 heteroatoms. The van der Waals surface area contributed by atoms with Gasteiger partial charge in [-0.1, -0.05) is 12.1 Å². The van der Waals surface area contributed by atoms with Gasteiger partial charge in [-0.3, -0.25) is 0 Å². The molecule has 2 unspecified atom stereocenters. The van der Waals surface area contributed by atoms with Crippen LogP contribution in [0.15, 0.2) is 36.7 Å². The quantitative estimate of drug-likeness (QED) is 0.657. The van der Waals surface area contributed by atoms with E-state index in [1.807, 2.05) is 19.3 Å². The second kappa shape index (κ2) is 7.19. The molecule has 0 amide bonds. The van der Waals surface area contributed by atoms with Gasteiger partial charge >= 0.3 is 0 Å². The molecule has 27 heavy (non-hydrogen) atoms. The maximum atomic E-state index is 5.60. The first-order valence-electron chi connectivity index (χ1n) is 9.68. The number of ether oxygens (including phenoxy) is 1. The average molecular weight is 381 g/mol. The number of anilines is 1. The van der Waals surface area contributed by atoms with Crippen molar-refractivity contribution >= 4 is 27.9 Å². The van der Waals surface area contributed by atoms with Gasteiger partial charge in [-0.15, -0.1) is 11.3 Å². The number of epoxide rings is 1. The molecule has 4 heterocycles. The molecule has 2 aromatic heterocycles. The summed E-state index contributed by atoms with van der Waals surface area (Å²) in [4.78, 5) is 12.8. The van der Waals surface area contributed by atoms with E-state index in [1.165, 1.54) is 41.8 Å². The summed E-state index contributed by atoms with van der Waals surface area (Å²) in [5.41, 5.74) is 1.21. The first kappa shape index (κ1) is 17.1. The fraction of sp³-hybridized carbons (Fsp3) is 0.429. The predicted octanol–water partition coefficient (Wildman–Crippen LogP) is 3.94. The van der Waals surface area contributed by atoms with E-state index in [2.05, 4.69) is 44.5 Å². The lowest BCUT2D eigenvalue weighted by molar-refractivity contribution is 0.287. The van der Waals surface area contributed by atoms with Crippen molar-refractivity contribution in [3.05, 3.63) is 41.7 Å². The first-order valence-corrected chi connectivity index (χ1v) is 10.5. The molecule has 2 fully saturated rings. The zero-order chi connectivity index (χ0) is 18.2. The fourth-order valence-electron chi connectivity index (χ4n) is 3.85. The number of aryl methyl sites for hydroxylation is 1.